The van der Waals surface area contributed by atoms with Crippen LogP contribution in [0.2, 0.25) is 0 Å². The molecule has 14 heavy (non-hydrogen) atoms. The Balaban J connectivity index is 2.31. The number of aryl methyl sites for hydroxylation is 1. The average Bonchev–Trinajstić information content (AvgIpc) is 2.59. The molecule has 0 aromatic carbocycles. The normalized spacial score (nSPS) is 13.1. The number of nitrogens with zero attached hydrogens (tertiary/aromatic N) is 2. The van der Waals surface area contributed by atoms with Gasteiger partial charge in [-0.05, 0) is 6.42 Å². The zero-order valence-corrected chi connectivity index (χ0v) is 8.91. The summed E-state index contributed by atoms with van der Waals surface area (Å²) >= 11 is 0. The minimum atomic E-state index is 0.340. The fourth-order valence-electron chi connectivity index (χ4n) is 1.16. The van der Waals surface area contributed by atoms with Crippen LogP contribution in [0.1, 0.15) is 25.1 Å². The molecule has 1 aromatic heterocycles. The largest absolute Gasteiger partial charge is 0.424 e. The van der Waals surface area contributed by atoms with Gasteiger partial charge in [0.25, 0.3) is 0 Å². The molecule has 1 N–H and O–H groups in total. The summed E-state index contributed by atoms with van der Waals surface area (Å²) in [6, 6.07) is 0.340. The van der Waals surface area contributed by atoms with Crippen LogP contribution < -0.4 is 5.32 Å². The molecule has 0 aliphatic carbocycles. The lowest BCUT2D eigenvalue weighted by Gasteiger charge is -2.13. The zero-order valence-electron chi connectivity index (χ0n) is 8.91. The fraction of sp³-hybridized carbons (Fsp3) is 0.778. The highest BCUT2D eigenvalue weighted by molar-refractivity contribution is 4.79. The minimum absolute atomic E-state index is 0.340. The van der Waals surface area contributed by atoms with Gasteiger partial charge < -0.3 is 14.5 Å². The van der Waals surface area contributed by atoms with E-state index < -0.39 is 0 Å². The summed E-state index contributed by atoms with van der Waals surface area (Å²) in [5.41, 5.74) is 0. The van der Waals surface area contributed by atoms with Gasteiger partial charge in [0.2, 0.25) is 11.8 Å². The number of hydrogen-bond donors (Lipinski definition) is 1. The van der Waals surface area contributed by atoms with Crippen molar-refractivity contribution in [2.24, 2.45) is 0 Å². The third kappa shape index (κ3) is 3.43. The first-order chi connectivity index (χ1) is 6.76. The third-order valence-electron chi connectivity index (χ3n) is 1.97. The van der Waals surface area contributed by atoms with E-state index in [0.717, 1.165) is 6.42 Å². The number of nitrogens with one attached hydrogen (secondary N) is 1. The lowest BCUT2D eigenvalue weighted by atomic mass is 10.2. The molecule has 0 aliphatic heterocycles. The van der Waals surface area contributed by atoms with Gasteiger partial charge in [0.1, 0.15) is 0 Å². The lowest BCUT2D eigenvalue weighted by molar-refractivity contribution is 0.162. The Morgan fingerprint density at radius 3 is 2.79 bits per heavy atom. The van der Waals surface area contributed by atoms with Crippen molar-refractivity contribution in [1.29, 1.82) is 0 Å². The molecule has 0 bridgehead atoms. The van der Waals surface area contributed by atoms with Crippen molar-refractivity contribution in [2.45, 2.75) is 32.9 Å². The predicted octanol–water partition coefficient (Wildman–Crippen LogP) is 0.893. The molecule has 0 aliphatic rings. The minimum Gasteiger partial charge on any atom is -0.424 e. The molecule has 5 heteroatoms. The Bertz CT molecular complexity index is 262. The Hall–Kier alpha value is -0.940. The molecule has 1 aromatic rings. The van der Waals surface area contributed by atoms with Crippen LogP contribution in [-0.4, -0.2) is 30.0 Å². The molecule has 0 spiro atoms. The van der Waals surface area contributed by atoms with Crippen molar-refractivity contribution in [2.75, 3.05) is 13.7 Å². The Kier molecular flexibility index (Phi) is 4.55. The molecule has 0 radical (unpaired) electrons. The van der Waals surface area contributed by atoms with Crippen LogP contribution in [0.15, 0.2) is 4.42 Å². The summed E-state index contributed by atoms with van der Waals surface area (Å²) in [5.74, 6) is 1.22. The van der Waals surface area contributed by atoms with Gasteiger partial charge in [-0.25, -0.2) is 0 Å². The van der Waals surface area contributed by atoms with Crippen LogP contribution in [0.3, 0.4) is 0 Å². The second-order valence-corrected chi connectivity index (χ2v) is 3.16. The first kappa shape index (κ1) is 11.1. The zero-order chi connectivity index (χ0) is 10.4. The van der Waals surface area contributed by atoms with Gasteiger partial charge in [-0.1, -0.05) is 6.92 Å². The molecule has 1 rings (SSSR count). The molecule has 1 unspecified atom stereocenters. The molecular formula is C9H17N3O2. The van der Waals surface area contributed by atoms with Crippen LogP contribution in [0, 0.1) is 6.92 Å². The Morgan fingerprint density at radius 1 is 1.50 bits per heavy atom. The molecule has 0 saturated heterocycles. The van der Waals surface area contributed by atoms with Gasteiger partial charge in [-0.2, -0.15) is 0 Å². The molecule has 0 saturated carbocycles. The van der Waals surface area contributed by atoms with E-state index in [2.05, 4.69) is 22.4 Å². The second-order valence-electron chi connectivity index (χ2n) is 3.16. The summed E-state index contributed by atoms with van der Waals surface area (Å²) in [4.78, 5) is 0. The van der Waals surface area contributed by atoms with E-state index in [9.17, 15) is 0 Å². The number of rotatable bonds is 6. The predicted molar refractivity (Wildman–Crippen MR) is 51.8 cm³/mol. The number of aromatic nitrogens is 2. The van der Waals surface area contributed by atoms with E-state index in [0.29, 0.717) is 31.0 Å². The Morgan fingerprint density at radius 2 is 2.29 bits per heavy atom. The monoisotopic (exact) mass is 199 g/mol. The van der Waals surface area contributed by atoms with Gasteiger partial charge in [-0.3, -0.25) is 0 Å². The smallest absolute Gasteiger partial charge is 0.230 e. The third-order valence-corrected chi connectivity index (χ3v) is 1.97. The van der Waals surface area contributed by atoms with Gasteiger partial charge in [0.05, 0.1) is 13.2 Å². The van der Waals surface area contributed by atoms with E-state index in [-0.39, 0.29) is 0 Å². The quantitative estimate of drug-likeness (QED) is 0.737. The maximum absolute atomic E-state index is 5.23. The first-order valence-corrected chi connectivity index (χ1v) is 4.77. The van der Waals surface area contributed by atoms with E-state index in [1.807, 2.05) is 0 Å². The first-order valence-electron chi connectivity index (χ1n) is 4.77. The maximum Gasteiger partial charge on any atom is 0.230 e. The second kappa shape index (κ2) is 5.72. The van der Waals surface area contributed by atoms with Crippen LogP contribution in [0.4, 0.5) is 0 Å². The van der Waals surface area contributed by atoms with Gasteiger partial charge in [-0.15, -0.1) is 10.2 Å². The van der Waals surface area contributed by atoms with Crippen molar-refractivity contribution < 1.29 is 9.15 Å². The highest BCUT2D eigenvalue weighted by Gasteiger charge is 2.07. The van der Waals surface area contributed by atoms with Crippen LogP contribution in [-0.2, 0) is 11.3 Å². The summed E-state index contributed by atoms with van der Waals surface area (Å²) in [6.07, 6.45) is 1.01. The molecule has 1 heterocycles. The van der Waals surface area contributed by atoms with E-state index in [1.165, 1.54) is 0 Å². The van der Waals surface area contributed by atoms with Crippen LogP contribution in [0.5, 0.6) is 0 Å². The van der Waals surface area contributed by atoms with E-state index in [1.54, 1.807) is 14.0 Å². The molecule has 0 fully saturated rings. The van der Waals surface area contributed by atoms with Crippen molar-refractivity contribution in [3.8, 4) is 0 Å². The summed E-state index contributed by atoms with van der Waals surface area (Å²) in [7, 11) is 1.70. The summed E-state index contributed by atoms with van der Waals surface area (Å²) in [5, 5.41) is 10.9. The molecule has 5 nitrogen and oxygen atoms in total. The molecule has 80 valence electrons. The topological polar surface area (TPSA) is 60.2 Å². The molecule has 0 amide bonds. The SMILES string of the molecule is CCC(COC)NCc1nnc(C)o1. The fourth-order valence-corrected chi connectivity index (χ4v) is 1.16. The number of ether oxygens (including phenoxy) is 1. The van der Waals surface area contributed by atoms with Crippen molar-refractivity contribution in [1.82, 2.24) is 15.5 Å². The van der Waals surface area contributed by atoms with Crippen molar-refractivity contribution in [3.63, 3.8) is 0 Å². The number of methoxy groups -OCH3 is 1. The average molecular weight is 199 g/mol. The van der Waals surface area contributed by atoms with E-state index >= 15 is 0 Å². The Labute approximate surface area is 83.9 Å². The lowest BCUT2D eigenvalue weighted by Crippen LogP contribution is -2.32. The van der Waals surface area contributed by atoms with Crippen molar-refractivity contribution in [3.05, 3.63) is 11.8 Å². The highest BCUT2D eigenvalue weighted by Crippen LogP contribution is 1.99. The van der Waals surface area contributed by atoms with Crippen LogP contribution in [0.25, 0.3) is 0 Å². The summed E-state index contributed by atoms with van der Waals surface area (Å²) < 4.78 is 10.3. The highest BCUT2D eigenvalue weighted by atomic mass is 16.5. The van der Waals surface area contributed by atoms with Gasteiger partial charge in [0.15, 0.2) is 0 Å². The maximum atomic E-state index is 5.23. The summed E-state index contributed by atoms with van der Waals surface area (Å²) in [6.45, 7) is 5.19. The van der Waals surface area contributed by atoms with E-state index in [4.69, 9.17) is 9.15 Å². The molecule has 1 atom stereocenters. The standard InChI is InChI=1S/C9H17N3O2/c1-4-8(6-13-3)10-5-9-12-11-7(2)14-9/h8,10H,4-6H2,1-3H3. The number of hydrogen-bond acceptors (Lipinski definition) is 5. The van der Waals surface area contributed by atoms with Crippen LogP contribution >= 0.6 is 0 Å². The molecular weight excluding hydrogens is 182 g/mol. The van der Waals surface area contributed by atoms with Gasteiger partial charge in [0, 0.05) is 20.1 Å². The van der Waals surface area contributed by atoms with Crippen molar-refractivity contribution >= 4 is 0 Å². The van der Waals surface area contributed by atoms with Gasteiger partial charge >= 0.3 is 0 Å².